The molecule has 0 unspecified atom stereocenters. The van der Waals surface area contributed by atoms with E-state index in [-0.39, 0.29) is 11.8 Å². The van der Waals surface area contributed by atoms with Crippen LogP contribution in [0.15, 0.2) is 36.1 Å². The highest BCUT2D eigenvalue weighted by molar-refractivity contribution is 7.15. The molecule has 4 rings (SSSR count). The zero-order chi connectivity index (χ0) is 18.8. The molecule has 0 aliphatic carbocycles. The van der Waals surface area contributed by atoms with Gasteiger partial charge in [0.25, 0.3) is 5.91 Å². The molecule has 1 saturated heterocycles. The number of rotatable bonds is 4. The van der Waals surface area contributed by atoms with E-state index in [0.29, 0.717) is 25.3 Å². The highest BCUT2D eigenvalue weighted by Crippen LogP contribution is 2.19. The SMILES string of the molecule is CC(=O)N1CCN(c2ncccc2CNC(=O)c2cn3ccsc3n2)CC1. The highest BCUT2D eigenvalue weighted by Gasteiger charge is 2.21. The summed E-state index contributed by atoms with van der Waals surface area (Å²) in [5.74, 6) is 0.747. The quantitative estimate of drug-likeness (QED) is 0.735. The second-order valence-corrected chi connectivity index (χ2v) is 7.25. The van der Waals surface area contributed by atoms with Gasteiger partial charge in [-0.15, -0.1) is 11.3 Å². The number of carbonyl (C=O) groups is 2. The number of nitrogens with zero attached hydrogens (tertiary/aromatic N) is 5. The molecule has 9 heteroatoms. The Morgan fingerprint density at radius 2 is 2.07 bits per heavy atom. The zero-order valence-corrected chi connectivity index (χ0v) is 15.8. The van der Waals surface area contributed by atoms with E-state index in [4.69, 9.17) is 0 Å². The highest BCUT2D eigenvalue weighted by atomic mass is 32.1. The topological polar surface area (TPSA) is 82.8 Å². The first-order chi connectivity index (χ1) is 13.1. The molecule has 0 bridgehead atoms. The van der Waals surface area contributed by atoms with Crippen LogP contribution in [0.4, 0.5) is 5.82 Å². The third-order valence-corrected chi connectivity index (χ3v) is 5.43. The summed E-state index contributed by atoms with van der Waals surface area (Å²) < 4.78 is 1.84. The maximum Gasteiger partial charge on any atom is 0.271 e. The van der Waals surface area contributed by atoms with Crippen molar-refractivity contribution in [3.05, 3.63) is 47.4 Å². The summed E-state index contributed by atoms with van der Waals surface area (Å²) in [5, 5.41) is 4.86. The Hall–Kier alpha value is -2.94. The van der Waals surface area contributed by atoms with E-state index < -0.39 is 0 Å². The van der Waals surface area contributed by atoms with Gasteiger partial charge in [0.1, 0.15) is 11.5 Å². The van der Waals surface area contributed by atoms with Crippen LogP contribution in [0.25, 0.3) is 4.96 Å². The lowest BCUT2D eigenvalue weighted by molar-refractivity contribution is -0.129. The molecule has 1 aliphatic rings. The molecule has 0 atom stereocenters. The second kappa shape index (κ2) is 7.36. The fourth-order valence-electron chi connectivity index (χ4n) is 3.19. The number of piperazine rings is 1. The standard InChI is InChI=1S/C18H20N6O2S/c1-13(25)22-5-7-23(8-6-22)16-14(3-2-4-19-16)11-20-17(26)15-12-24-9-10-27-18(24)21-15/h2-4,9-10,12H,5-8,11H2,1H3,(H,20,26). The molecule has 1 aliphatic heterocycles. The lowest BCUT2D eigenvalue weighted by atomic mass is 10.2. The lowest BCUT2D eigenvalue weighted by Gasteiger charge is -2.35. The van der Waals surface area contributed by atoms with Crippen LogP contribution in [-0.4, -0.2) is 57.3 Å². The summed E-state index contributed by atoms with van der Waals surface area (Å²) >= 11 is 1.49. The van der Waals surface area contributed by atoms with Crippen molar-refractivity contribution in [3.63, 3.8) is 0 Å². The molecule has 27 heavy (non-hydrogen) atoms. The minimum absolute atomic E-state index is 0.100. The van der Waals surface area contributed by atoms with Gasteiger partial charge < -0.3 is 15.1 Å². The number of amides is 2. The summed E-state index contributed by atoms with van der Waals surface area (Å²) in [6.45, 7) is 4.80. The normalized spacial score (nSPS) is 14.6. The number of fused-ring (bicyclic) bond motifs is 1. The number of imidazole rings is 1. The van der Waals surface area contributed by atoms with Crippen LogP contribution in [0.2, 0.25) is 0 Å². The molecule has 1 fully saturated rings. The Labute approximate surface area is 160 Å². The first-order valence-corrected chi connectivity index (χ1v) is 9.64. The first-order valence-electron chi connectivity index (χ1n) is 8.76. The van der Waals surface area contributed by atoms with Crippen LogP contribution in [-0.2, 0) is 11.3 Å². The van der Waals surface area contributed by atoms with Crippen molar-refractivity contribution in [1.29, 1.82) is 0 Å². The fourth-order valence-corrected chi connectivity index (χ4v) is 3.89. The van der Waals surface area contributed by atoms with Crippen LogP contribution in [0.5, 0.6) is 0 Å². The van der Waals surface area contributed by atoms with Gasteiger partial charge >= 0.3 is 0 Å². The maximum absolute atomic E-state index is 12.4. The van der Waals surface area contributed by atoms with Crippen molar-refractivity contribution in [3.8, 4) is 0 Å². The van der Waals surface area contributed by atoms with Crippen LogP contribution < -0.4 is 10.2 Å². The number of hydrogen-bond acceptors (Lipinski definition) is 6. The summed E-state index contributed by atoms with van der Waals surface area (Å²) in [6.07, 6.45) is 5.36. The molecule has 0 aromatic carbocycles. The van der Waals surface area contributed by atoms with E-state index in [1.165, 1.54) is 11.3 Å². The molecule has 0 radical (unpaired) electrons. The van der Waals surface area contributed by atoms with Gasteiger partial charge in [0.2, 0.25) is 5.91 Å². The average molecular weight is 384 g/mol. The predicted molar refractivity (Wildman–Crippen MR) is 103 cm³/mol. The van der Waals surface area contributed by atoms with Gasteiger partial charge in [-0.3, -0.25) is 14.0 Å². The van der Waals surface area contributed by atoms with Crippen LogP contribution in [0.1, 0.15) is 23.0 Å². The van der Waals surface area contributed by atoms with Gasteiger partial charge in [0.05, 0.1) is 0 Å². The van der Waals surface area contributed by atoms with E-state index in [1.54, 1.807) is 19.3 Å². The van der Waals surface area contributed by atoms with Gasteiger partial charge in [0.15, 0.2) is 4.96 Å². The summed E-state index contributed by atoms with van der Waals surface area (Å²) in [5.41, 5.74) is 1.35. The molecule has 0 saturated carbocycles. The van der Waals surface area contributed by atoms with Gasteiger partial charge in [0, 0.05) is 69.2 Å². The number of pyridine rings is 1. The average Bonchev–Trinajstić information content (AvgIpc) is 3.28. The maximum atomic E-state index is 12.4. The smallest absolute Gasteiger partial charge is 0.271 e. The van der Waals surface area contributed by atoms with E-state index >= 15 is 0 Å². The zero-order valence-electron chi connectivity index (χ0n) is 15.0. The minimum Gasteiger partial charge on any atom is -0.353 e. The van der Waals surface area contributed by atoms with Gasteiger partial charge in [-0.05, 0) is 6.07 Å². The third-order valence-electron chi connectivity index (χ3n) is 4.66. The minimum atomic E-state index is -0.206. The van der Waals surface area contributed by atoms with Crippen molar-refractivity contribution in [2.75, 3.05) is 31.1 Å². The van der Waals surface area contributed by atoms with Crippen molar-refractivity contribution in [2.24, 2.45) is 0 Å². The Morgan fingerprint density at radius 3 is 2.81 bits per heavy atom. The van der Waals surface area contributed by atoms with E-state index in [2.05, 4.69) is 20.2 Å². The molecule has 2 amide bonds. The first kappa shape index (κ1) is 17.5. The summed E-state index contributed by atoms with van der Waals surface area (Å²) in [7, 11) is 0. The molecule has 140 valence electrons. The number of anilines is 1. The van der Waals surface area contributed by atoms with E-state index in [9.17, 15) is 9.59 Å². The lowest BCUT2D eigenvalue weighted by Crippen LogP contribution is -2.48. The number of nitrogens with one attached hydrogen (secondary N) is 1. The summed E-state index contributed by atoms with van der Waals surface area (Å²) in [6, 6.07) is 3.83. The Balaban J connectivity index is 1.43. The summed E-state index contributed by atoms with van der Waals surface area (Å²) in [4.78, 5) is 37.6. The molecular formula is C18H20N6O2S. The van der Waals surface area contributed by atoms with Crippen LogP contribution in [0.3, 0.4) is 0 Å². The van der Waals surface area contributed by atoms with Crippen LogP contribution >= 0.6 is 11.3 Å². The third kappa shape index (κ3) is 3.63. The Bertz CT molecular complexity index is 945. The molecule has 3 aromatic rings. The van der Waals surface area contributed by atoms with Crippen molar-refractivity contribution in [2.45, 2.75) is 13.5 Å². The molecule has 8 nitrogen and oxygen atoms in total. The van der Waals surface area contributed by atoms with Crippen LogP contribution in [0, 0.1) is 0 Å². The largest absolute Gasteiger partial charge is 0.353 e. The van der Waals surface area contributed by atoms with E-state index in [1.807, 2.05) is 33.0 Å². The number of aromatic nitrogens is 3. The number of thiazole rings is 1. The fraction of sp³-hybridized carbons (Fsp3) is 0.333. The molecule has 4 heterocycles. The Morgan fingerprint density at radius 1 is 1.26 bits per heavy atom. The molecule has 0 spiro atoms. The molecule has 1 N–H and O–H groups in total. The van der Waals surface area contributed by atoms with Gasteiger partial charge in [-0.1, -0.05) is 6.07 Å². The second-order valence-electron chi connectivity index (χ2n) is 6.38. The Kier molecular flexibility index (Phi) is 4.76. The van der Waals surface area contributed by atoms with E-state index in [0.717, 1.165) is 29.4 Å². The number of hydrogen-bond donors (Lipinski definition) is 1. The monoisotopic (exact) mass is 384 g/mol. The van der Waals surface area contributed by atoms with Gasteiger partial charge in [-0.2, -0.15) is 0 Å². The van der Waals surface area contributed by atoms with Gasteiger partial charge in [-0.25, -0.2) is 9.97 Å². The number of carbonyl (C=O) groups excluding carboxylic acids is 2. The molecule has 3 aromatic heterocycles. The van der Waals surface area contributed by atoms with Crippen molar-refractivity contribution >= 4 is 33.9 Å². The molecular weight excluding hydrogens is 364 g/mol. The predicted octanol–water partition coefficient (Wildman–Crippen LogP) is 1.39. The van der Waals surface area contributed by atoms with Crippen molar-refractivity contribution < 1.29 is 9.59 Å². The van der Waals surface area contributed by atoms with Crippen molar-refractivity contribution in [1.82, 2.24) is 24.6 Å².